The van der Waals surface area contributed by atoms with Crippen LogP contribution < -0.4 is 10.0 Å². The molecule has 0 radical (unpaired) electrons. The van der Waals surface area contributed by atoms with Crippen molar-refractivity contribution in [1.82, 2.24) is 4.72 Å². The van der Waals surface area contributed by atoms with Gasteiger partial charge in [0.15, 0.2) is 0 Å². The Bertz CT molecular complexity index is 532. The number of anilines is 1. The van der Waals surface area contributed by atoms with Gasteiger partial charge in [-0.05, 0) is 19.2 Å². The van der Waals surface area contributed by atoms with Crippen LogP contribution in [0.2, 0.25) is 0 Å². The minimum Gasteiger partial charge on any atom is -0.382 e. The van der Waals surface area contributed by atoms with Crippen molar-refractivity contribution >= 4 is 15.7 Å². The molecule has 0 spiro atoms. The lowest BCUT2D eigenvalue weighted by atomic mass is 10.3. The maximum absolute atomic E-state index is 11.8. The van der Waals surface area contributed by atoms with Crippen molar-refractivity contribution in [2.75, 3.05) is 32.1 Å². The predicted molar refractivity (Wildman–Crippen MR) is 68.1 cm³/mol. The van der Waals surface area contributed by atoms with Gasteiger partial charge in [-0.15, -0.1) is 0 Å². The van der Waals surface area contributed by atoms with E-state index in [1.165, 1.54) is 19.2 Å². The lowest BCUT2D eigenvalue weighted by Crippen LogP contribution is -2.22. The van der Waals surface area contributed by atoms with Crippen LogP contribution in [0.3, 0.4) is 0 Å². The van der Waals surface area contributed by atoms with Gasteiger partial charge in [0.25, 0.3) is 0 Å². The maximum Gasteiger partial charge on any atom is 0.411 e. The summed E-state index contributed by atoms with van der Waals surface area (Å²) in [4.78, 5) is 0.0262. The van der Waals surface area contributed by atoms with E-state index in [1.54, 1.807) is 12.1 Å². The summed E-state index contributed by atoms with van der Waals surface area (Å²) < 4.78 is 65.5. The molecule has 0 heterocycles. The molecule has 0 aromatic heterocycles. The Labute approximate surface area is 115 Å². The van der Waals surface area contributed by atoms with Crippen LogP contribution in [0, 0.1) is 0 Å². The summed E-state index contributed by atoms with van der Waals surface area (Å²) in [5, 5.41) is 2.73. The third kappa shape index (κ3) is 5.35. The fourth-order valence-electron chi connectivity index (χ4n) is 1.40. The van der Waals surface area contributed by atoms with Crippen LogP contribution in [0.1, 0.15) is 0 Å². The summed E-state index contributed by atoms with van der Waals surface area (Å²) in [5.74, 6) is 0. The predicted octanol–water partition coefficient (Wildman–Crippen LogP) is 1.59. The molecule has 0 fully saturated rings. The number of benzene rings is 1. The first-order valence-corrected chi connectivity index (χ1v) is 7.15. The highest BCUT2D eigenvalue weighted by Gasteiger charge is 2.27. The lowest BCUT2D eigenvalue weighted by molar-refractivity contribution is -0.172. The maximum atomic E-state index is 11.8. The molecule has 0 bridgehead atoms. The number of rotatable bonds is 7. The molecule has 0 aliphatic rings. The van der Waals surface area contributed by atoms with Crippen molar-refractivity contribution in [3.8, 4) is 0 Å². The Balaban J connectivity index is 2.57. The second-order valence-corrected chi connectivity index (χ2v) is 5.65. The molecule has 9 heteroatoms. The van der Waals surface area contributed by atoms with E-state index in [9.17, 15) is 21.6 Å². The first-order valence-electron chi connectivity index (χ1n) is 5.67. The van der Waals surface area contributed by atoms with Crippen molar-refractivity contribution < 1.29 is 26.3 Å². The van der Waals surface area contributed by atoms with Gasteiger partial charge >= 0.3 is 6.18 Å². The van der Waals surface area contributed by atoms with E-state index in [1.807, 2.05) is 0 Å². The van der Waals surface area contributed by atoms with E-state index in [4.69, 9.17) is 0 Å². The second kappa shape index (κ2) is 6.91. The number of hydrogen-bond donors (Lipinski definition) is 2. The van der Waals surface area contributed by atoms with Gasteiger partial charge in [-0.1, -0.05) is 12.1 Å². The first kappa shape index (κ1) is 16.7. The van der Waals surface area contributed by atoms with Crippen LogP contribution in [0.5, 0.6) is 0 Å². The molecule has 114 valence electrons. The molecule has 0 saturated heterocycles. The van der Waals surface area contributed by atoms with Gasteiger partial charge in [0.05, 0.1) is 12.3 Å². The normalized spacial score (nSPS) is 12.4. The zero-order valence-electron chi connectivity index (χ0n) is 10.7. The number of para-hydroxylation sites is 1. The Morgan fingerprint density at radius 3 is 2.50 bits per heavy atom. The molecular formula is C11H15F3N2O3S. The molecule has 0 unspecified atom stereocenters. The molecule has 0 saturated carbocycles. The molecule has 1 aromatic rings. The fourth-order valence-corrected chi connectivity index (χ4v) is 2.31. The summed E-state index contributed by atoms with van der Waals surface area (Å²) in [7, 11) is -2.35. The topological polar surface area (TPSA) is 67.4 Å². The monoisotopic (exact) mass is 312 g/mol. The van der Waals surface area contributed by atoms with Crippen LogP contribution >= 0.6 is 0 Å². The number of nitrogens with one attached hydrogen (secondary N) is 2. The first-order chi connectivity index (χ1) is 9.26. The van der Waals surface area contributed by atoms with E-state index in [-0.39, 0.29) is 18.0 Å². The molecule has 1 rings (SSSR count). The molecule has 5 nitrogen and oxygen atoms in total. The Hall–Kier alpha value is -1.32. The highest BCUT2D eigenvalue weighted by molar-refractivity contribution is 7.89. The number of alkyl halides is 3. The highest BCUT2D eigenvalue weighted by atomic mass is 32.2. The van der Waals surface area contributed by atoms with Gasteiger partial charge in [-0.25, -0.2) is 13.1 Å². The Morgan fingerprint density at radius 1 is 1.25 bits per heavy atom. The summed E-state index contributed by atoms with van der Waals surface area (Å²) in [6.07, 6.45) is -4.37. The Morgan fingerprint density at radius 2 is 1.90 bits per heavy atom. The Kier molecular flexibility index (Phi) is 5.78. The van der Waals surface area contributed by atoms with E-state index in [0.29, 0.717) is 5.69 Å². The van der Waals surface area contributed by atoms with E-state index in [2.05, 4.69) is 14.8 Å². The fraction of sp³-hybridized carbons (Fsp3) is 0.455. The third-order valence-electron chi connectivity index (χ3n) is 2.27. The van der Waals surface area contributed by atoms with Crippen LogP contribution in [-0.2, 0) is 14.8 Å². The lowest BCUT2D eigenvalue weighted by Gasteiger charge is -2.12. The molecular weight excluding hydrogens is 297 g/mol. The van der Waals surface area contributed by atoms with E-state index in [0.717, 1.165) is 0 Å². The molecule has 0 aliphatic carbocycles. The standard InChI is InChI=1S/C11H15F3N2O3S/c1-15-20(17,18)10-5-3-2-4-9(10)16-6-7-19-8-11(12,13)14/h2-5,15-16H,6-8H2,1H3. The van der Waals surface area contributed by atoms with Crippen molar-refractivity contribution in [1.29, 1.82) is 0 Å². The van der Waals surface area contributed by atoms with Crippen molar-refractivity contribution in [2.24, 2.45) is 0 Å². The van der Waals surface area contributed by atoms with E-state index < -0.39 is 22.8 Å². The molecule has 20 heavy (non-hydrogen) atoms. The summed E-state index contributed by atoms with van der Waals surface area (Å²) in [6, 6.07) is 6.09. The van der Waals surface area contributed by atoms with Gasteiger partial charge in [0.2, 0.25) is 10.0 Å². The van der Waals surface area contributed by atoms with Gasteiger partial charge in [0.1, 0.15) is 11.5 Å². The minimum absolute atomic E-state index is 0.0262. The average Bonchev–Trinajstić information content (AvgIpc) is 2.37. The zero-order chi connectivity index (χ0) is 15.2. The molecule has 0 amide bonds. The molecule has 0 aliphatic heterocycles. The zero-order valence-corrected chi connectivity index (χ0v) is 11.5. The van der Waals surface area contributed by atoms with Crippen molar-refractivity contribution in [2.45, 2.75) is 11.1 Å². The summed E-state index contributed by atoms with van der Waals surface area (Å²) in [6.45, 7) is -1.45. The minimum atomic E-state index is -4.37. The molecule has 2 N–H and O–H groups in total. The van der Waals surface area contributed by atoms with Crippen LogP contribution in [0.25, 0.3) is 0 Å². The van der Waals surface area contributed by atoms with E-state index >= 15 is 0 Å². The van der Waals surface area contributed by atoms with Gasteiger partial charge in [0, 0.05) is 6.54 Å². The smallest absolute Gasteiger partial charge is 0.382 e. The molecule has 0 atom stereocenters. The van der Waals surface area contributed by atoms with Gasteiger partial charge in [-0.2, -0.15) is 13.2 Å². The van der Waals surface area contributed by atoms with Gasteiger partial charge < -0.3 is 10.1 Å². The van der Waals surface area contributed by atoms with Crippen LogP contribution in [0.4, 0.5) is 18.9 Å². The number of sulfonamides is 1. The summed E-state index contributed by atoms with van der Waals surface area (Å²) >= 11 is 0. The quantitative estimate of drug-likeness (QED) is 0.750. The number of halogens is 3. The highest BCUT2D eigenvalue weighted by Crippen LogP contribution is 2.20. The largest absolute Gasteiger partial charge is 0.411 e. The van der Waals surface area contributed by atoms with Gasteiger partial charge in [-0.3, -0.25) is 0 Å². The number of ether oxygens (including phenoxy) is 1. The van der Waals surface area contributed by atoms with Crippen molar-refractivity contribution in [3.05, 3.63) is 24.3 Å². The SMILES string of the molecule is CNS(=O)(=O)c1ccccc1NCCOCC(F)(F)F. The third-order valence-corrected chi connectivity index (χ3v) is 3.75. The van der Waals surface area contributed by atoms with Crippen LogP contribution in [-0.4, -0.2) is 41.4 Å². The molecule has 1 aromatic carbocycles. The second-order valence-electron chi connectivity index (χ2n) is 3.80. The van der Waals surface area contributed by atoms with Crippen molar-refractivity contribution in [3.63, 3.8) is 0 Å². The number of hydrogen-bond acceptors (Lipinski definition) is 4. The average molecular weight is 312 g/mol. The van der Waals surface area contributed by atoms with Crippen LogP contribution in [0.15, 0.2) is 29.2 Å². The summed E-state index contributed by atoms with van der Waals surface area (Å²) in [5.41, 5.74) is 0.303.